The quantitative estimate of drug-likeness (QED) is 0.866. The fourth-order valence-electron chi connectivity index (χ4n) is 2.34. The number of nitrogens with one attached hydrogen (secondary N) is 1. The maximum Gasteiger partial charge on any atom is 0.133 e. The minimum atomic E-state index is 0.152. The van der Waals surface area contributed by atoms with Gasteiger partial charge in [-0.05, 0) is 45.4 Å². The van der Waals surface area contributed by atoms with Crippen LogP contribution in [-0.4, -0.2) is 15.5 Å². The van der Waals surface area contributed by atoms with E-state index in [0.717, 1.165) is 31.5 Å². The molecule has 0 bridgehead atoms. The summed E-state index contributed by atoms with van der Waals surface area (Å²) in [5.74, 6) is 1.07. The molecule has 0 saturated heterocycles. The lowest BCUT2D eigenvalue weighted by molar-refractivity contribution is 0.475. The van der Waals surface area contributed by atoms with E-state index < -0.39 is 0 Å². The average molecular weight is 233 g/mol. The first-order valence-corrected chi connectivity index (χ1v) is 6.79. The van der Waals surface area contributed by atoms with Gasteiger partial charge in [0.1, 0.15) is 12.1 Å². The van der Waals surface area contributed by atoms with Crippen molar-refractivity contribution in [2.75, 3.05) is 5.32 Å². The van der Waals surface area contributed by atoms with Crippen LogP contribution in [0.1, 0.15) is 57.7 Å². The Hall–Kier alpha value is -1.12. The second kappa shape index (κ2) is 5.03. The first-order chi connectivity index (χ1) is 8.18. The Balaban J connectivity index is 2.27. The van der Waals surface area contributed by atoms with Gasteiger partial charge in [0.25, 0.3) is 0 Å². The van der Waals surface area contributed by atoms with Crippen molar-refractivity contribution in [3.05, 3.63) is 17.6 Å². The molecule has 1 aliphatic rings. The van der Waals surface area contributed by atoms with E-state index in [-0.39, 0.29) is 5.54 Å². The van der Waals surface area contributed by atoms with Crippen molar-refractivity contribution in [2.45, 2.75) is 64.8 Å². The van der Waals surface area contributed by atoms with Gasteiger partial charge < -0.3 is 5.32 Å². The van der Waals surface area contributed by atoms with E-state index in [4.69, 9.17) is 0 Å². The van der Waals surface area contributed by atoms with Crippen molar-refractivity contribution in [3.8, 4) is 0 Å². The molecule has 1 aromatic heterocycles. The molecule has 1 heterocycles. The highest BCUT2D eigenvalue weighted by molar-refractivity contribution is 5.48. The Bertz CT molecular complexity index is 383. The molecule has 0 fully saturated rings. The molecule has 1 N–H and O–H groups in total. The normalized spacial score (nSPS) is 15.5. The van der Waals surface area contributed by atoms with Crippen LogP contribution in [0, 0.1) is 0 Å². The number of anilines is 1. The number of nitrogens with zero attached hydrogens (tertiary/aromatic N) is 2. The van der Waals surface area contributed by atoms with Crippen molar-refractivity contribution in [1.82, 2.24) is 9.97 Å². The van der Waals surface area contributed by atoms with Gasteiger partial charge in [-0.3, -0.25) is 0 Å². The largest absolute Gasteiger partial charge is 0.365 e. The number of hydrogen-bond donors (Lipinski definition) is 1. The lowest BCUT2D eigenvalue weighted by atomic mass is 9.93. The van der Waals surface area contributed by atoms with Gasteiger partial charge in [-0.1, -0.05) is 13.8 Å². The van der Waals surface area contributed by atoms with Gasteiger partial charge in [-0.15, -0.1) is 0 Å². The van der Waals surface area contributed by atoms with Crippen molar-refractivity contribution in [1.29, 1.82) is 0 Å². The molecule has 0 spiro atoms. The summed E-state index contributed by atoms with van der Waals surface area (Å²) >= 11 is 0. The molecule has 2 rings (SSSR count). The van der Waals surface area contributed by atoms with E-state index in [1.165, 1.54) is 24.1 Å². The third-order valence-electron chi connectivity index (χ3n) is 4.11. The van der Waals surface area contributed by atoms with Crippen LogP contribution in [0.3, 0.4) is 0 Å². The van der Waals surface area contributed by atoms with E-state index in [0.29, 0.717) is 0 Å². The third kappa shape index (κ3) is 2.59. The molecular formula is C14H23N3. The summed E-state index contributed by atoms with van der Waals surface area (Å²) in [6.45, 7) is 6.72. The van der Waals surface area contributed by atoms with E-state index in [9.17, 15) is 0 Å². The van der Waals surface area contributed by atoms with Crippen LogP contribution in [-0.2, 0) is 12.8 Å². The first kappa shape index (κ1) is 12.3. The van der Waals surface area contributed by atoms with E-state index in [1.54, 1.807) is 6.33 Å². The molecule has 1 aliphatic carbocycles. The van der Waals surface area contributed by atoms with Gasteiger partial charge in [-0.2, -0.15) is 0 Å². The van der Waals surface area contributed by atoms with Crippen LogP contribution >= 0.6 is 0 Å². The van der Waals surface area contributed by atoms with Crippen LogP contribution in [0.2, 0.25) is 0 Å². The molecule has 0 aliphatic heterocycles. The zero-order valence-corrected chi connectivity index (χ0v) is 11.2. The summed E-state index contributed by atoms with van der Waals surface area (Å²) in [7, 11) is 0. The topological polar surface area (TPSA) is 37.8 Å². The van der Waals surface area contributed by atoms with Crippen molar-refractivity contribution >= 4 is 5.82 Å². The van der Waals surface area contributed by atoms with Crippen LogP contribution in [0.4, 0.5) is 5.82 Å². The van der Waals surface area contributed by atoms with Gasteiger partial charge in [0.2, 0.25) is 0 Å². The number of rotatable bonds is 4. The highest BCUT2D eigenvalue weighted by atomic mass is 15.1. The van der Waals surface area contributed by atoms with Crippen LogP contribution in [0.25, 0.3) is 0 Å². The summed E-state index contributed by atoms with van der Waals surface area (Å²) in [5.41, 5.74) is 2.76. The Labute approximate surface area is 104 Å². The molecule has 0 radical (unpaired) electrons. The Morgan fingerprint density at radius 1 is 1.18 bits per heavy atom. The minimum absolute atomic E-state index is 0.152. The number of fused-ring (bicyclic) bond motifs is 1. The van der Waals surface area contributed by atoms with Gasteiger partial charge in [0.05, 0.1) is 0 Å². The second-order valence-electron chi connectivity index (χ2n) is 5.25. The maximum atomic E-state index is 4.45. The lowest BCUT2D eigenvalue weighted by Gasteiger charge is -2.30. The summed E-state index contributed by atoms with van der Waals surface area (Å²) in [6, 6.07) is 0. The van der Waals surface area contributed by atoms with Gasteiger partial charge in [-0.25, -0.2) is 9.97 Å². The monoisotopic (exact) mass is 233 g/mol. The van der Waals surface area contributed by atoms with Crippen molar-refractivity contribution in [2.24, 2.45) is 0 Å². The number of aryl methyl sites for hydroxylation is 1. The zero-order chi connectivity index (χ0) is 12.3. The van der Waals surface area contributed by atoms with Crippen molar-refractivity contribution < 1.29 is 0 Å². The summed E-state index contributed by atoms with van der Waals surface area (Å²) in [6.07, 6.45) is 8.71. The lowest BCUT2D eigenvalue weighted by Crippen LogP contribution is -2.34. The molecule has 0 atom stereocenters. The average Bonchev–Trinajstić information content (AvgIpc) is 2.39. The van der Waals surface area contributed by atoms with Gasteiger partial charge in [0.15, 0.2) is 0 Å². The van der Waals surface area contributed by atoms with Gasteiger partial charge >= 0.3 is 0 Å². The predicted molar refractivity (Wildman–Crippen MR) is 71.3 cm³/mol. The SMILES string of the molecule is CCC(C)(CC)Nc1ncnc2c1CCCC2. The van der Waals surface area contributed by atoms with Crippen molar-refractivity contribution in [3.63, 3.8) is 0 Å². The highest BCUT2D eigenvalue weighted by Gasteiger charge is 2.23. The number of aromatic nitrogens is 2. The van der Waals surface area contributed by atoms with Crippen LogP contribution in [0.5, 0.6) is 0 Å². The Morgan fingerprint density at radius 3 is 2.59 bits per heavy atom. The molecule has 1 aromatic rings. The smallest absolute Gasteiger partial charge is 0.133 e. The third-order valence-corrected chi connectivity index (χ3v) is 4.11. The van der Waals surface area contributed by atoms with Gasteiger partial charge in [0, 0.05) is 16.8 Å². The molecule has 17 heavy (non-hydrogen) atoms. The molecular weight excluding hydrogens is 210 g/mol. The second-order valence-corrected chi connectivity index (χ2v) is 5.25. The fraction of sp³-hybridized carbons (Fsp3) is 0.714. The molecule has 0 aromatic carbocycles. The molecule has 94 valence electrons. The van der Waals surface area contributed by atoms with Crippen LogP contribution in [0.15, 0.2) is 6.33 Å². The van der Waals surface area contributed by atoms with Crippen LogP contribution < -0.4 is 5.32 Å². The summed E-state index contributed by atoms with van der Waals surface area (Å²) < 4.78 is 0. The molecule has 0 amide bonds. The molecule has 0 unspecified atom stereocenters. The first-order valence-electron chi connectivity index (χ1n) is 6.79. The number of hydrogen-bond acceptors (Lipinski definition) is 3. The Kier molecular flexibility index (Phi) is 3.65. The molecule has 0 saturated carbocycles. The summed E-state index contributed by atoms with van der Waals surface area (Å²) in [4.78, 5) is 8.86. The highest BCUT2D eigenvalue weighted by Crippen LogP contribution is 2.28. The molecule has 3 nitrogen and oxygen atoms in total. The predicted octanol–water partition coefficient (Wildman–Crippen LogP) is 3.35. The van der Waals surface area contributed by atoms with E-state index in [1.807, 2.05) is 0 Å². The standard InChI is InChI=1S/C14H23N3/c1-4-14(3,5-2)17-13-11-8-6-7-9-12(11)15-10-16-13/h10H,4-9H2,1-3H3,(H,15,16,17). The Morgan fingerprint density at radius 2 is 1.88 bits per heavy atom. The summed E-state index contributed by atoms with van der Waals surface area (Å²) in [5, 5.41) is 3.63. The molecule has 3 heteroatoms. The van der Waals surface area contributed by atoms with E-state index >= 15 is 0 Å². The fourth-order valence-corrected chi connectivity index (χ4v) is 2.34. The maximum absolute atomic E-state index is 4.45. The van der Waals surface area contributed by atoms with E-state index in [2.05, 4.69) is 36.1 Å². The zero-order valence-electron chi connectivity index (χ0n) is 11.2. The minimum Gasteiger partial charge on any atom is -0.365 e.